The summed E-state index contributed by atoms with van der Waals surface area (Å²) in [6, 6.07) is 17.4. The standard InChI is InChI=1S/C24H32N4O3S/c1-20-7-6-8-22(17-20)28-16-11-25(18-21(28)2)19-24(29)26-12-14-27(15-13-26)32(30,31)23-9-4-3-5-10-23/h3-10,17,21H,11-16,18-19H2,1-2H3/p+1/t21-/m1/s1. The number of carbonyl (C=O) groups is 1. The van der Waals surface area contributed by atoms with Crippen molar-refractivity contribution >= 4 is 21.6 Å². The summed E-state index contributed by atoms with van der Waals surface area (Å²) in [5, 5.41) is 0. The van der Waals surface area contributed by atoms with Crippen LogP contribution in [-0.4, -0.2) is 81.9 Å². The molecule has 2 heterocycles. The molecule has 0 aromatic heterocycles. The molecule has 2 aliphatic heterocycles. The molecule has 1 unspecified atom stereocenters. The minimum atomic E-state index is -3.50. The molecule has 172 valence electrons. The quantitative estimate of drug-likeness (QED) is 0.715. The Labute approximate surface area is 191 Å². The van der Waals surface area contributed by atoms with E-state index in [0.29, 0.717) is 43.7 Å². The van der Waals surface area contributed by atoms with Crippen LogP contribution in [0.25, 0.3) is 0 Å². The predicted molar refractivity (Wildman–Crippen MR) is 125 cm³/mol. The van der Waals surface area contributed by atoms with Gasteiger partial charge in [-0.15, -0.1) is 0 Å². The molecule has 7 nitrogen and oxygen atoms in total. The Morgan fingerprint density at radius 1 is 1.00 bits per heavy atom. The summed E-state index contributed by atoms with van der Waals surface area (Å²) in [5.74, 6) is 0.118. The maximum atomic E-state index is 12.9. The molecule has 0 aliphatic carbocycles. The van der Waals surface area contributed by atoms with Gasteiger partial charge in [-0.3, -0.25) is 4.79 Å². The van der Waals surface area contributed by atoms with Gasteiger partial charge < -0.3 is 14.7 Å². The normalized spacial score (nSPS) is 22.7. The van der Waals surface area contributed by atoms with Crippen molar-refractivity contribution in [1.82, 2.24) is 9.21 Å². The molecule has 2 aliphatic rings. The minimum Gasteiger partial charge on any atom is -0.358 e. The molecule has 2 fully saturated rings. The highest BCUT2D eigenvalue weighted by molar-refractivity contribution is 7.89. The summed E-state index contributed by atoms with van der Waals surface area (Å²) in [6.07, 6.45) is 0. The molecule has 0 saturated carbocycles. The van der Waals surface area contributed by atoms with Gasteiger partial charge in [0.1, 0.15) is 0 Å². The van der Waals surface area contributed by atoms with Gasteiger partial charge in [0.05, 0.1) is 30.6 Å². The summed E-state index contributed by atoms with van der Waals surface area (Å²) in [5.41, 5.74) is 2.51. The average molecular weight is 458 g/mol. The molecule has 2 aromatic carbocycles. The number of nitrogens with one attached hydrogen (secondary N) is 1. The number of hydrogen-bond acceptors (Lipinski definition) is 4. The van der Waals surface area contributed by atoms with Gasteiger partial charge in [0, 0.05) is 31.9 Å². The van der Waals surface area contributed by atoms with Crippen LogP contribution in [-0.2, 0) is 14.8 Å². The van der Waals surface area contributed by atoms with Gasteiger partial charge in [-0.1, -0.05) is 30.3 Å². The number of amides is 1. The Kier molecular flexibility index (Phi) is 6.83. The van der Waals surface area contributed by atoms with Gasteiger partial charge in [-0.25, -0.2) is 8.42 Å². The lowest BCUT2D eigenvalue weighted by atomic mass is 10.1. The van der Waals surface area contributed by atoms with Gasteiger partial charge in [0.15, 0.2) is 6.54 Å². The van der Waals surface area contributed by atoms with E-state index in [1.807, 2.05) is 4.90 Å². The first-order valence-corrected chi connectivity index (χ1v) is 12.8. The third-order valence-corrected chi connectivity index (χ3v) is 8.44. The van der Waals surface area contributed by atoms with Crippen molar-refractivity contribution < 1.29 is 18.1 Å². The number of nitrogens with zero attached hydrogens (tertiary/aromatic N) is 3. The molecular weight excluding hydrogens is 424 g/mol. The van der Waals surface area contributed by atoms with Crippen LogP contribution in [0, 0.1) is 6.92 Å². The Bertz CT molecular complexity index is 1040. The number of benzene rings is 2. The summed E-state index contributed by atoms with van der Waals surface area (Å²) in [7, 11) is -3.50. The van der Waals surface area contributed by atoms with Crippen molar-refractivity contribution in [3.63, 3.8) is 0 Å². The number of hydrogen-bond donors (Lipinski definition) is 1. The van der Waals surface area contributed by atoms with Crippen molar-refractivity contribution in [3.05, 3.63) is 60.2 Å². The second kappa shape index (κ2) is 9.60. The van der Waals surface area contributed by atoms with Crippen LogP contribution in [0.15, 0.2) is 59.5 Å². The lowest BCUT2D eigenvalue weighted by Crippen LogP contribution is -3.16. The van der Waals surface area contributed by atoms with Crippen LogP contribution in [0.3, 0.4) is 0 Å². The first-order valence-electron chi connectivity index (χ1n) is 11.3. The minimum absolute atomic E-state index is 0.118. The fourth-order valence-electron chi connectivity index (χ4n) is 4.72. The topological polar surface area (TPSA) is 65.4 Å². The van der Waals surface area contributed by atoms with Crippen LogP contribution >= 0.6 is 0 Å². The van der Waals surface area contributed by atoms with Crippen LogP contribution < -0.4 is 9.80 Å². The number of quaternary nitrogens is 1. The first kappa shape index (κ1) is 22.8. The van der Waals surface area contributed by atoms with E-state index in [1.54, 1.807) is 30.3 Å². The van der Waals surface area contributed by atoms with Gasteiger partial charge in [-0.2, -0.15) is 4.31 Å². The Morgan fingerprint density at radius 2 is 1.72 bits per heavy atom. The molecule has 4 rings (SSSR count). The van der Waals surface area contributed by atoms with E-state index in [4.69, 9.17) is 0 Å². The molecule has 0 spiro atoms. The molecule has 2 saturated heterocycles. The maximum absolute atomic E-state index is 12.9. The highest BCUT2D eigenvalue weighted by Gasteiger charge is 2.33. The second-order valence-electron chi connectivity index (χ2n) is 8.86. The smallest absolute Gasteiger partial charge is 0.277 e. The molecule has 8 heteroatoms. The van der Waals surface area contributed by atoms with Crippen molar-refractivity contribution in [2.24, 2.45) is 0 Å². The fraction of sp³-hybridized carbons (Fsp3) is 0.458. The number of aryl methyl sites for hydroxylation is 1. The molecule has 1 amide bonds. The van der Waals surface area contributed by atoms with E-state index in [-0.39, 0.29) is 5.91 Å². The lowest BCUT2D eigenvalue weighted by molar-refractivity contribution is -0.895. The zero-order valence-corrected chi connectivity index (χ0v) is 19.7. The second-order valence-corrected chi connectivity index (χ2v) is 10.8. The molecule has 2 aromatic rings. The molecule has 0 radical (unpaired) electrons. The van der Waals surface area contributed by atoms with Crippen LogP contribution in [0.5, 0.6) is 0 Å². The molecule has 0 bridgehead atoms. The molecule has 32 heavy (non-hydrogen) atoms. The van der Waals surface area contributed by atoms with E-state index >= 15 is 0 Å². The number of anilines is 1. The van der Waals surface area contributed by atoms with Crippen molar-refractivity contribution in [2.45, 2.75) is 24.8 Å². The SMILES string of the molecule is Cc1cccc(N2CC[NH+](CC(=O)N3CCN(S(=O)(=O)c4ccccc4)CC3)C[C@H]2C)c1. The van der Waals surface area contributed by atoms with Crippen molar-refractivity contribution in [2.75, 3.05) is 57.3 Å². The Hall–Kier alpha value is -2.42. The largest absolute Gasteiger partial charge is 0.358 e. The highest BCUT2D eigenvalue weighted by atomic mass is 32.2. The third kappa shape index (κ3) is 4.98. The number of carbonyl (C=O) groups excluding carboxylic acids is 1. The predicted octanol–water partition coefficient (Wildman–Crippen LogP) is 0.622. The summed E-state index contributed by atoms with van der Waals surface area (Å²) >= 11 is 0. The van der Waals surface area contributed by atoms with Gasteiger partial charge in [0.25, 0.3) is 5.91 Å². The number of piperazine rings is 2. The van der Waals surface area contributed by atoms with Crippen LogP contribution in [0.2, 0.25) is 0 Å². The monoisotopic (exact) mass is 457 g/mol. The Balaban J connectivity index is 1.28. The number of rotatable bonds is 5. The zero-order valence-electron chi connectivity index (χ0n) is 18.9. The van der Waals surface area contributed by atoms with E-state index in [9.17, 15) is 13.2 Å². The van der Waals surface area contributed by atoms with E-state index in [0.717, 1.165) is 19.6 Å². The molecule has 2 atom stereocenters. The summed E-state index contributed by atoms with van der Waals surface area (Å²) in [6.45, 7) is 9.15. The Morgan fingerprint density at radius 3 is 2.38 bits per heavy atom. The van der Waals surface area contributed by atoms with Crippen molar-refractivity contribution in [1.29, 1.82) is 0 Å². The summed E-state index contributed by atoms with van der Waals surface area (Å²) < 4.78 is 27.1. The first-order chi connectivity index (χ1) is 15.3. The molecular formula is C24H33N4O3S+. The van der Waals surface area contributed by atoms with Gasteiger partial charge >= 0.3 is 0 Å². The maximum Gasteiger partial charge on any atom is 0.277 e. The third-order valence-electron chi connectivity index (χ3n) is 6.53. The lowest BCUT2D eigenvalue weighted by Gasteiger charge is -2.40. The van der Waals surface area contributed by atoms with Crippen LogP contribution in [0.4, 0.5) is 5.69 Å². The van der Waals surface area contributed by atoms with E-state index < -0.39 is 10.0 Å². The highest BCUT2D eigenvalue weighted by Crippen LogP contribution is 2.19. The van der Waals surface area contributed by atoms with Crippen molar-refractivity contribution in [3.8, 4) is 0 Å². The van der Waals surface area contributed by atoms with Gasteiger partial charge in [0.2, 0.25) is 10.0 Å². The number of sulfonamides is 1. The fourth-order valence-corrected chi connectivity index (χ4v) is 6.17. The summed E-state index contributed by atoms with van der Waals surface area (Å²) in [4.78, 5) is 18.8. The van der Waals surface area contributed by atoms with Crippen LogP contribution in [0.1, 0.15) is 12.5 Å². The molecule has 1 N–H and O–H groups in total. The zero-order chi connectivity index (χ0) is 22.7. The van der Waals surface area contributed by atoms with E-state index in [2.05, 4.69) is 43.0 Å². The van der Waals surface area contributed by atoms with Gasteiger partial charge in [-0.05, 0) is 43.7 Å². The van der Waals surface area contributed by atoms with E-state index in [1.165, 1.54) is 20.5 Å². The average Bonchev–Trinajstić information content (AvgIpc) is 2.80.